The van der Waals surface area contributed by atoms with Gasteiger partial charge < -0.3 is 15.6 Å². The molecule has 114 valence electrons. The Morgan fingerprint density at radius 1 is 1.09 bits per heavy atom. The second-order valence-corrected chi connectivity index (χ2v) is 5.23. The van der Waals surface area contributed by atoms with Crippen LogP contribution < -0.4 is 10.6 Å². The molecule has 22 heavy (non-hydrogen) atoms. The molecular weight excluding hydrogens is 274 g/mol. The highest BCUT2D eigenvalue weighted by molar-refractivity contribution is 5.83. The maximum Gasteiger partial charge on any atom is 0.224 e. The zero-order chi connectivity index (χ0) is 15.2. The minimum Gasteiger partial charge on any atom is -0.370 e. The maximum absolute atomic E-state index is 4.45. The van der Waals surface area contributed by atoms with Gasteiger partial charge in [0.15, 0.2) is 0 Å². The minimum absolute atomic E-state index is 0.680. The molecule has 0 atom stereocenters. The zero-order valence-electron chi connectivity index (χ0n) is 12.8. The summed E-state index contributed by atoms with van der Waals surface area (Å²) in [5.74, 6) is 1.53. The van der Waals surface area contributed by atoms with Gasteiger partial charge in [-0.2, -0.15) is 4.98 Å². The summed E-state index contributed by atoms with van der Waals surface area (Å²) in [5, 5.41) is 7.84. The lowest BCUT2D eigenvalue weighted by molar-refractivity contribution is 0.947. The van der Waals surface area contributed by atoms with Crippen molar-refractivity contribution < 1.29 is 0 Å². The van der Waals surface area contributed by atoms with Gasteiger partial charge in [-0.15, -0.1) is 0 Å². The summed E-state index contributed by atoms with van der Waals surface area (Å²) >= 11 is 0. The van der Waals surface area contributed by atoms with Crippen molar-refractivity contribution in [2.45, 2.75) is 19.8 Å². The van der Waals surface area contributed by atoms with Gasteiger partial charge in [-0.05, 0) is 30.5 Å². The molecule has 5 nitrogen and oxygen atoms in total. The van der Waals surface area contributed by atoms with Crippen LogP contribution in [0.4, 0.5) is 11.8 Å². The number of benzene rings is 1. The van der Waals surface area contributed by atoms with Gasteiger partial charge >= 0.3 is 0 Å². The minimum atomic E-state index is 0.680. The van der Waals surface area contributed by atoms with E-state index < -0.39 is 0 Å². The number of fused-ring (bicyclic) bond motifs is 1. The molecule has 5 heteroatoms. The number of hydrogen-bond donors (Lipinski definition) is 3. The average molecular weight is 295 g/mol. The van der Waals surface area contributed by atoms with Crippen molar-refractivity contribution >= 4 is 22.7 Å². The Hall–Kier alpha value is -2.56. The molecule has 1 aromatic carbocycles. The number of H-pyrrole nitrogens is 1. The van der Waals surface area contributed by atoms with Crippen molar-refractivity contribution in [3.8, 4) is 0 Å². The summed E-state index contributed by atoms with van der Waals surface area (Å²) in [6.45, 7) is 3.85. The van der Waals surface area contributed by atoms with E-state index in [0.717, 1.165) is 31.7 Å². The summed E-state index contributed by atoms with van der Waals surface area (Å²) in [6.07, 6.45) is 5.87. The fourth-order valence-corrected chi connectivity index (χ4v) is 2.44. The molecule has 0 fully saturated rings. The van der Waals surface area contributed by atoms with Crippen molar-refractivity contribution in [2.75, 3.05) is 23.7 Å². The molecule has 3 rings (SSSR count). The first-order chi connectivity index (χ1) is 10.9. The number of nitrogens with zero attached hydrogens (tertiary/aromatic N) is 2. The Labute approximate surface area is 130 Å². The van der Waals surface area contributed by atoms with Crippen LogP contribution in [0.2, 0.25) is 0 Å². The summed E-state index contributed by atoms with van der Waals surface area (Å²) in [7, 11) is 0. The molecule has 0 radical (unpaired) electrons. The van der Waals surface area contributed by atoms with Crippen molar-refractivity contribution in [1.82, 2.24) is 15.0 Å². The molecule has 0 aliphatic heterocycles. The second-order valence-electron chi connectivity index (χ2n) is 5.23. The molecule has 0 saturated heterocycles. The Morgan fingerprint density at radius 2 is 2.00 bits per heavy atom. The molecule has 2 aromatic heterocycles. The summed E-state index contributed by atoms with van der Waals surface area (Å²) in [4.78, 5) is 12.0. The van der Waals surface area contributed by atoms with E-state index in [9.17, 15) is 0 Å². The van der Waals surface area contributed by atoms with Crippen LogP contribution in [0.1, 0.15) is 18.9 Å². The third kappa shape index (κ3) is 3.36. The van der Waals surface area contributed by atoms with E-state index >= 15 is 0 Å². The van der Waals surface area contributed by atoms with Crippen LogP contribution >= 0.6 is 0 Å². The van der Waals surface area contributed by atoms with Gasteiger partial charge in [-0.3, -0.25) is 0 Å². The molecule has 2 heterocycles. The number of nitrogens with one attached hydrogen (secondary N) is 3. The molecule has 0 saturated carbocycles. The van der Waals surface area contributed by atoms with Crippen LogP contribution in [-0.4, -0.2) is 28.0 Å². The predicted molar refractivity (Wildman–Crippen MR) is 91.3 cm³/mol. The number of para-hydroxylation sites is 1. The van der Waals surface area contributed by atoms with Gasteiger partial charge in [-0.1, -0.05) is 25.1 Å². The van der Waals surface area contributed by atoms with Gasteiger partial charge in [0.05, 0.1) is 0 Å². The fraction of sp³-hybridized carbons (Fsp3) is 0.294. The Morgan fingerprint density at radius 3 is 2.91 bits per heavy atom. The lowest BCUT2D eigenvalue weighted by atomic mass is 10.1. The van der Waals surface area contributed by atoms with E-state index in [1.54, 1.807) is 6.20 Å². The number of hydrogen-bond acceptors (Lipinski definition) is 4. The van der Waals surface area contributed by atoms with Crippen molar-refractivity contribution in [3.63, 3.8) is 0 Å². The molecule has 3 N–H and O–H groups in total. The SMILES string of the molecule is CCCNc1nccc(NCCc2c[nH]c3ccccc23)n1. The van der Waals surface area contributed by atoms with Crippen LogP contribution in [0, 0.1) is 0 Å². The molecular formula is C17H21N5. The van der Waals surface area contributed by atoms with E-state index in [-0.39, 0.29) is 0 Å². The van der Waals surface area contributed by atoms with Crippen molar-refractivity contribution in [2.24, 2.45) is 0 Å². The standard InChI is InChI=1S/C17H21N5/c1-2-9-19-17-20-11-8-16(22-17)18-10-7-13-12-21-15-6-4-3-5-14(13)15/h3-6,8,11-12,21H,2,7,9-10H2,1H3,(H2,18,19,20,22). The zero-order valence-corrected chi connectivity index (χ0v) is 12.8. The Bertz CT molecular complexity index is 735. The van der Waals surface area contributed by atoms with Crippen LogP contribution in [0.15, 0.2) is 42.7 Å². The average Bonchev–Trinajstić information content (AvgIpc) is 2.97. The van der Waals surface area contributed by atoms with Crippen LogP contribution in [0.5, 0.6) is 0 Å². The molecule has 0 bridgehead atoms. The monoisotopic (exact) mass is 295 g/mol. The summed E-state index contributed by atoms with van der Waals surface area (Å²) < 4.78 is 0. The van der Waals surface area contributed by atoms with E-state index in [4.69, 9.17) is 0 Å². The number of rotatable bonds is 7. The third-order valence-electron chi connectivity index (χ3n) is 3.56. The molecule has 0 aliphatic rings. The summed E-state index contributed by atoms with van der Waals surface area (Å²) in [6, 6.07) is 10.3. The van der Waals surface area contributed by atoms with Crippen LogP contribution in [0.3, 0.4) is 0 Å². The normalized spacial score (nSPS) is 10.8. The first-order valence-electron chi connectivity index (χ1n) is 7.72. The van der Waals surface area contributed by atoms with E-state index in [1.165, 1.54) is 16.5 Å². The second kappa shape index (κ2) is 6.93. The highest BCUT2D eigenvalue weighted by atomic mass is 15.1. The topological polar surface area (TPSA) is 65.6 Å². The van der Waals surface area contributed by atoms with Gasteiger partial charge in [0.25, 0.3) is 0 Å². The lowest BCUT2D eigenvalue weighted by Gasteiger charge is -2.07. The molecule has 0 spiro atoms. The quantitative estimate of drug-likeness (QED) is 0.625. The molecule has 0 aliphatic carbocycles. The number of aromatic nitrogens is 3. The largest absolute Gasteiger partial charge is 0.370 e. The maximum atomic E-state index is 4.45. The number of aromatic amines is 1. The van der Waals surface area contributed by atoms with E-state index in [0.29, 0.717) is 5.95 Å². The van der Waals surface area contributed by atoms with Gasteiger partial charge in [-0.25, -0.2) is 4.98 Å². The van der Waals surface area contributed by atoms with Gasteiger partial charge in [0, 0.05) is 36.4 Å². The van der Waals surface area contributed by atoms with Crippen molar-refractivity contribution in [3.05, 3.63) is 48.3 Å². The van der Waals surface area contributed by atoms with E-state index in [2.05, 4.69) is 56.9 Å². The third-order valence-corrected chi connectivity index (χ3v) is 3.56. The smallest absolute Gasteiger partial charge is 0.224 e. The van der Waals surface area contributed by atoms with Crippen LogP contribution in [-0.2, 0) is 6.42 Å². The fourth-order valence-electron chi connectivity index (χ4n) is 2.44. The van der Waals surface area contributed by atoms with Gasteiger partial charge in [0.1, 0.15) is 5.82 Å². The predicted octanol–water partition coefficient (Wildman–Crippen LogP) is 3.43. The first-order valence-corrected chi connectivity index (χ1v) is 7.72. The highest BCUT2D eigenvalue weighted by Gasteiger charge is 2.03. The Kier molecular flexibility index (Phi) is 4.53. The van der Waals surface area contributed by atoms with E-state index in [1.807, 2.05) is 12.1 Å². The van der Waals surface area contributed by atoms with Crippen LogP contribution in [0.25, 0.3) is 10.9 Å². The summed E-state index contributed by atoms with van der Waals surface area (Å²) in [5.41, 5.74) is 2.51. The lowest BCUT2D eigenvalue weighted by Crippen LogP contribution is -2.09. The molecule has 0 amide bonds. The number of anilines is 2. The highest BCUT2D eigenvalue weighted by Crippen LogP contribution is 2.18. The first kappa shape index (κ1) is 14.4. The molecule has 3 aromatic rings. The Balaban J connectivity index is 1.59. The molecule has 0 unspecified atom stereocenters. The van der Waals surface area contributed by atoms with Gasteiger partial charge in [0.2, 0.25) is 5.95 Å². The van der Waals surface area contributed by atoms with Crippen molar-refractivity contribution in [1.29, 1.82) is 0 Å².